The number of amides is 3. The summed E-state index contributed by atoms with van der Waals surface area (Å²) < 4.78 is 0. The normalized spacial score (nSPS) is 20.7. The Morgan fingerprint density at radius 3 is 2.81 bits per heavy atom. The Hall–Kier alpha value is -2.68. The highest BCUT2D eigenvalue weighted by Gasteiger charge is 2.54. The monoisotopic (exact) mass is 489 g/mol. The summed E-state index contributed by atoms with van der Waals surface area (Å²) >= 11 is 7.69. The summed E-state index contributed by atoms with van der Waals surface area (Å²) in [5, 5.41) is 28.4. The molecule has 1 aromatic rings. The summed E-state index contributed by atoms with van der Waals surface area (Å²) in [7, 11) is 1.23. The number of carboxylic acid groups (broad SMARTS) is 1. The van der Waals surface area contributed by atoms with E-state index in [0.29, 0.717) is 0 Å². The standard InChI is InChI=1S/C16H16ClN5O7S2/c1-29-21-9(7-5-31-16(18-7)19-8(24)2-17)12(25)20-10-13(26)22-11(15(27)28)6(3-23)4-30-14(10)22/h5,10,14,23H,2-4H2,1H3,(H,20,25)(H,27,28)(H,18,19,24)/b21-9-/t10?,14-/m0/s1. The highest BCUT2D eigenvalue weighted by atomic mass is 35.5. The lowest BCUT2D eigenvalue weighted by atomic mass is 10.0. The molecule has 3 heterocycles. The van der Waals surface area contributed by atoms with Crippen LogP contribution in [-0.2, 0) is 24.0 Å². The van der Waals surface area contributed by atoms with Crippen molar-refractivity contribution in [2.45, 2.75) is 11.4 Å². The number of thioether (sulfide) groups is 1. The summed E-state index contributed by atoms with van der Waals surface area (Å²) in [6.45, 7) is -0.487. The summed E-state index contributed by atoms with van der Waals surface area (Å²) in [5.74, 6) is -3.26. The zero-order valence-corrected chi connectivity index (χ0v) is 18.2. The lowest BCUT2D eigenvalue weighted by Gasteiger charge is -2.49. The number of alkyl halides is 1. The Balaban J connectivity index is 1.75. The number of aliphatic carboxylic acids is 1. The average Bonchev–Trinajstić information content (AvgIpc) is 3.21. The number of aliphatic hydroxyl groups is 1. The first kappa shape index (κ1) is 23.0. The van der Waals surface area contributed by atoms with Crippen LogP contribution in [0.15, 0.2) is 21.8 Å². The highest BCUT2D eigenvalue weighted by molar-refractivity contribution is 8.00. The summed E-state index contributed by atoms with van der Waals surface area (Å²) in [4.78, 5) is 58.1. The van der Waals surface area contributed by atoms with Gasteiger partial charge in [-0.3, -0.25) is 19.3 Å². The quantitative estimate of drug-likeness (QED) is 0.161. The molecule has 0 bridgehead atoms. The van der Waals surface area contributed by atoms with Crippen molar-refractivity contribution in [3.63, 3.8) is 0 Å². The van der Waals surface area contributed by atoms with Gasteiger partial charge in [0.2, 0.25) is 5.91 Å². The first-order valence-corrected chi connectivity index (χ1v) is 11.0. The van der Waals surface area contributed by atoms with E-state index in [1.165, 1.54) is 24.3 Å². The van der Waals surface area contributed by atoms with E-state index in [9.17, 15) is 29.4 Å². The van der Waals surface area contributed by atoms with Gasteiger partial charge in [0.15, 0.2) is 10.8 Å². The predicted molar refractivity (Wildman–Crippen MR) is 112 cm³/mol. The van der Waals surface area contributed by atoms with Crippen molar-refractivity contribution >= 4 is 69.2 Å². The van der Waals surface area contributed by atoms with E-state index in [2.05, 4.69) is 20.8 Å². The van der Waals surface area contributed by atoms with E-state index < -0.39 is 41.7 Å². The molecule has 1 fully saturated rings. The maximum absolute atomic E-state index is 12.8. The van der Waals surface area contributed by atoms with Gasteiger partial charge >= 0.3 is 5.97 Å². The Morgan fingerprint density at radius 2 is 2.19 bits per heavy atom. The first-order valence-electron chi connectivity index (χ1n) is 8.56. The number of β-lactam (4-membered cyclic amide) rings is 1. The molecule has 0 aliphatic carbocycles. The van der Waals surface area contributed by atoms with Gasteiger partial charge in [-0.05, 0) is 5.57 Å². The number of aromatic nitrogens is 1. The predicted octanol–water partition coefficient (Wildman–Crippen LogP) is -0.598. The van der Waals surface area contributed by atoms with Crippen molar-refractivity contribution in [2.24, 2.45) is 5.16 Å². The number of carbonyl (C=O) groups excluding carboxylic acids is 3. The first-order chi connectivity index (χ1) is 14.8. The molecule has 4 N–H and O–H groups in total. The molecule has 15 heteroatoms. The van der Waals surface area contributed by atoms with Crippen LogP contribution >= 0.6 is 34.7 Å². The lowest BCUT2D eigenvalue weighted by molar-refractivity contribution is -0.150. The number of hydrogen-bond donors (Lipinski definition) is 4. The zero-order valence-electron chi connectivity index (χ0n) is 15.8. The van der Waals surface area contributed by atoms with Crippen LogP contribution in [-0.4, -0.2) is 86.3 Å². The van der Waals surface area contributed by atoms with E-state index >= 15 is 0 Å². The van der Waals surface area contributed by atoms with Gasteiger partial charge in [-0.1, -0.05) is 5.16 Å². The number of carboxylic acids is 1. The Morgan fingerprint density at radius 1 is 1.45 bits per heavy atom. The maximum atomic E-state index is 12.8. The molecule has 1 aromatic heterocycles. The van der Waals surface area contributed by atoms with Gasteiger partial charge in [0.1, 0.15) is 35.8 Å². The van der Waals surface area contributed by atoms with Crippen molar-refractivity contribution in [2.75, 3.05) is 30.7 Å². The van der Waals surface area contributed by atoms with Crippen LogP contribution in [0.5, 0.6) is 0 Å². The molecule has 3 rings (SSSR count). The number of thiazole rings is 1. The number of nitrogens with one attached hydrogen (secondary N) is 2. The molecule has 0 saturated carbocycles. The molecule has 2 aliphatic heterocycles. The number of aliphatic hydroxyl groups excluding tert-OH is 1. The summed E-state index contributed by atoms with van der Waals surface area (Å²) in [6.07, 6.45) is 0. The van der Waals surface area contributed by atoms with E-state index in [4.69, 9.17) is 16.4 Å². The van der Waals surface area contributed by atoms with Crippen LogP contribution in [0.25, 0.3) is 0 Å². The number of hydrogen-bond acceptors (Lipinski definition) is 10. The van der Waals surface area contributed by atoms with Gasteiger partial charge in [0, 0.05) is 11.1 Å². The minimum Gasteiger partial charge on any atom is -0.477 e. The number of oxime groups is 1. The molecular weight excluding hydrogens is 474 g/mol. The fourth-order valence-corrected chi connectivity index (χ4v) is 5.02. The van der Waals surface area contributed by atoms with E-state index in [1.54, 1.807) is 0 Å². The minimum atomic E-state index is -1.33. The second-order valence-corrected chi connectivity index (χ2v) is 8.35. The van der Waals surface area contributed by atoms with Crippen LogP contribution in [0.1, 0.15) is 5.69 Å². The summed E-state index contributed by atoms with van der Waals surface area (Å²) in [6, 6.07) is -0.997. The lowest BCUT2D eigenvalue weighted by Crippen LogP contribution is -2.71. The number of halogens is 1. The third-order valence-electron chi connectivity index (χ3n) is 4.24. The Kier molecular flexibility index (Phi) is 7.15. The largest absolute Gasteiger partial charge is 0.477 e. The van der Waals surface area contributed by atoms with Crippen molar-refractivity contribution in [1.82, 2.24) is 15.2 Å². The highest BCUT2D eigenvalue weighted by Crippen LogP contribution is 2.40. The third-order valence-corrected chi connectivity index (χ3v) is 6.58. The molecule has 1 saturated heterocycles. The number of carbonyl (C=O) groups is 4. The molecule has 1 unspecified atom stereocenters. The van der Waals surface area contributed by atoms with Crippen LogP contribution in [0.4, 0.5) is 5.13 Å². The summed E-state index contributed by atoms with van der Waals surface area (Å²) in [5.41, 5.74) is -0.181. The smallest absolute Gasteiger partial charge is 0.352 e. The molecule has 0 spiro atoms. The average molecular weight is 490 g/mol. The number of nitrogens with zero attached hydrogens (tertiary/aromatic N) is 3. The van der Waals surface area contributed by atoms with Gasteiger partial charge < -0.3 is 25.7 Å². The van der Waals surface area contributed by atoms with Gasteiger partial charge in [-0.15, -0.1) is 34.7 Å². The second kappa shape index (κ2) is 9.64. The zero-order chi connectivity index (χ0) is 22.7. The molecule has 31 heavy (non-hydrogen) atoms. The molecule has 2 atom stereocenters. The Bertz CT molecular complexity index is 995. The molecule has 166 valence electrons. The third kappa shape index (κ3) is 4.51. The Labute approximate surface area is 188 Å². The fourth-order valence-electron chi connectivity index (χ4n) is 2.90. The molecular formula is C16H16ClN5O7S2. The van der Waals surface area contributed by atoms with E-state index in [0.717, 1.165) is 16.2 Å². The molecule has 0 radical (unpaired) electrons. The molecule has 2 aliphatic rings. The van der Waals surface area contributed by atoms with Crippen molar-refractivity contribution in [3.8, 4) is 0 Å². The number of rotatable bonds is 8. The maximum Gasteiger partial charge on any atom is 0.352 e. The van der Waals surface area contributed by atoms with Gasteiger partial charge in [0.25, 0.3) is 11.8 Å². The molecule has 12 nitrogen and oxygen atoms in total. The van der Waals surface area contributed by atoms with E-state index in [1.807, 2.05) is 0 Å². The molecule has 3 amide bonds. The minimum absolute atomic E-state index is 0.0998. The molecule has 0 aromatic carbocycles. The van der Waals surface area contributed by atoms with Crippen molar-refractivity contribution in [3.05, 3.63) is 22.3 Å². The SMILES string of the molecule is CO/N=C(\C(=O)NC1C(=O)N2C(C(=O)O)=C(CO)CS[C@@H]12)c1csc(NC(=O)CCl)n1. The van der Waals surface area contributed by atoms with Crippen LogP contribution in [0, 0.1) is 0 Å². The van der Waals surface area contributed by atoms with E-state index in [-0.39, 0.29) is 39.4 Å². The van der Waals surface area contributed by atoms with Crippen LogP contribution in [0.2, 0.25) is 0 Å². The van der Waals surface area contributed by atoms with Crippen LogP contribution < -0.4 is 10.6 Å². The fraction of sp³-hybridized carbons (Fsp3) is 0.375. The van der Waals surface area contributed by atoms with Gasteiger partial charge in [0.05, 0.1) is 6.61 Å². The number of anilines is 1. The second-order valence-electron chi connectivity index (χ2n) is 6.12. The van der Waals surface area contributed by atoms with Crippen molar-refractivity contribution in [1.29, 1.82) is 0 Å². The topological polar surface area (TPSA) is 171 Å². The number of fused-ring (bicyclic) bond motifs is 1. The van der Waals surface area contributed by atoms with Gasteiger partial charge in [-0.25, -0.2) is 9.78 Å². The van der Waals surface area contributed by atoms with Gasteiger partial charge in [-0.2, -0.15) is 0 Å². The van der Waals surface area contributed by atoms with Crippen molar-refractivity contribution < 1.29 is 34.2 Å². The van der Waals surface area contributed by atoms with Crippen LogP contribution in [0.3, 0.4) is 0 Å².